The van der Waals surface area contributed by atoms with Crippen LogP contribution in [0.3, 0.4) is 0 Å². The molecule has 0 bridgehead atoms. The summed E-state index contributed by atoms with van der Waals surface area (Å²) in [6.07, 6.45) is 3.59. The Kier molecular flexibility index (Phi) is 9.04. The highest BCUT2D eigenvalue weighted by Gasteiger charge is 2.17. The molecule has 1 amide bonds. The summed E-state index contributed by atoms with van der Waals surface area (Å²) in [6.45, 7) is 10.8. The number of carbonyl (C=O) groups is 1. The Morgan fingerprint density at radius 3 is 2.12 bits per heavy atom. The Morgan fingerprint density at radius 2 is 1.76 bits per heavy atom. The van der Waals surface area contributed by atoms with E-state index in [0.717, 1.165) is 19.6 Å². The topological polar surface area (TPSA) is 23.6 Å². The second-order valence-electron chi connectivity index (χ2n) is 5.58. The summed E-state index contributed by atoms with van der Waals surface area (Å²) in [4.78, 5) is 15.8. The van der Waals surface area contributed by atoms with Gasteiger partial charge in [0.25, 0.3) is 0 Å². The fourth-order valence-corrected chi connectivity index (χ4v) is 1.39. The van der Waals surface area contributed by atoms with Gasteiger partial charge in [0.15, 0.2) is 0 Å². The van der Waals surface area contributed by atoms with Gasteiger partial charge in [-0.2, -0.15) is 0 Å². The van der Waals surface area contributed by atoms with Crippen molar-refractivity contribution >= 4 is 5.91 Å². The minimum absolute atomic E-state index is 0. The summed E-state index contributed by atoms with van der Waals surface area (Å²) in [5, 5.41) is 0. The van der Waals surface area contributed by atoms with E-state index < -0.39 is 0 Å². The van der Waals surface area contributed by atoms with Crippen LogP contribution in [0.1, 0.15) is 35.1 Å². The van der Waals surface area contributed by atoms with Gasteiger partial charge in [-0.15, -0.1) is 0 Å². The van der Waals surface area contributed by atoms with Crippen molar-refractivity contribution in [3.63, 3.8) is 0 Å². The number of hydrogen-bond donors (Lipinski definition) is 0. The molecular weight excluding hydrogens is 212 g/mol. The van der Waals surface area contributed by atoms with Crippen molar-refractivity contribution in [3.8, 4) is 0 Å². The molecule has 0 aromatic heterocycles. The molecule has 0 aliphatic rings. The summed E-state index contributed by atoms with van der Waals surface area (Å²) in [7, 11) is 3.98. The molecule has 17 heavy (non-hydrogen) atoms. The van der Waals surface area contributed by atoms with Crippen LogP contribution in [0.15, 0.2) is 12.2 Å². The number of carbonyl (C=O) groups excluding carboxylic acids is 1. The van der Waals surface area contributed by atoms with Gasteiger partial charge in [0.2, 0.25) is 5.91 Å². The van der Waals surface area contributed by atoms with Crippen molar-refractivity contribution in [2.45, 2.75) is 35.1 Å². The predicted molar refractivity (Wildman–Crippen MR) is 76.1 cm³/mol. The van der Waals surface area contributed by atoms with Gasteiger partial charge in [0.1, 0.15) is 0 Å². The fourth-order valence-electron chi connectivity index (χ4n) is 1.39. The Balaban J connectivity index is 0. The molecule has 0 aliphatic carbocycles. The molecule has 3 heteroatoms. The second-order valence-corrected chi connectivity index (χ2v) is 5.58. The van der Waals surface area contributed by atoms with Crippen molar-refractivity contribution in [2.75, 3.05) is 33.7 Å². The lowest BCUT2D eigenvalue weighted by Crippen LogP contribution is -2.36. The molecule has 0 saturated carbocycles. The highest BCUT2D eigenvalue weighted by atomic mass is 16.2. The third-order valence-corrected chi connectivity index (χ3v) is 2.09. The highest BCUT2D eigenvalue weighted by Crippen LogP contribution is 2.15. The minimum Gasteiger partial charge on any atom is -0.339 e. The quantitative estimate of drug-likeness (QED) is 0.692. The van der Waals surface area contributed by atoms with E-state index in [9.17, 15) is 4.79 Å². The molecule has 102 valence electrons. The zero-order chi connectivity index (χ0) is 12.8. The molecule has 0 aromatic rings. The Morgan fingerprint density at radius 1 is 1.24 bits per heavy atom. The first-order valence-corrected chi connectivity index (χ1v) is 5.86. The van der Waals surface area contributed by atoms with Crippen LogP contribution in [0.2, 0.25) is 0 Å². The summed E-state index contributed by atoms with van der Waals surface area (Å²) in [5.74, 6) is 0.110. The van der Waals surface area contributed by atoms with Crippen LogP contribution >= 0.6 is 0 Å². The molecule has 0 N–H and O–H groups in total. The lowest BCUT2D eigenvalue weighted by Gasteiger charge is -2.28. The van der Waals surface area contributed by atoms with Crippen molar-refractivity contribution in [3.05, 3.63) is 12.2 Å². The van der Waals surface area contributed by atoms with Crippen molar-refractivity contribution in [1.29, 1.82) is 0 Å². The fraction of sp³-hybridized carbons (Fsp3) is 0.786. The van der Waals surface area contributed by atoms with E-state index in [1.54, 1.807) is 6.08 Å². The summed E-state index contributed by atoms with van der Waals surface area (Å²) < 4.78 is 0. The van der Waals surface area contributed by atoms with Crippen LogP contribution in [0.4, 0.5) is 0 Å². The normalized spacial score (nSPS) is 11.7. The lowest BCUT2D eigenvalue weighted by molar-refractivity contribution is -0.127. The van der Waals surface area contributed by atoms with Crippen molar-refractivity contribution < 1.29 is 4.79 Å². The molecule has 0 atom stereocenters. The molecule has 0 spiro atoms. The van der Waals surface area contributed by atoms with Gasteiger partial charge in [-0.1, -0.05) is 34.3 Å². The number of rotatable bonds is 5. The van der Waals surface area contributed by atoms with E-state index in [2.05, 4.69) is 20.8 Å². The summed E-state index contributed by atoms with van der Waals surface area (Å²) in [5.41, 5.74) is 0.154. The van der Waals surface area contributed by atoms with E-state index in [4.69, 9.17) is 0 Å². The third-order valence-electron chi connectivity index (χ3n) is 2.09. The maximum Gasteiger partial charge on any atom is 0.246 e. The Hall–Kier alpha value is -0.830. The van der Waals surface area contributed by atoms with Crippen molar-refractivity contribution in [2.24, 2.45) is 5.41 Å². The molecule has 0 rings (SSSR count). The van der Waals surface area contributed by atoms with Crippen LogP contribution in [-0.4, -0.2) is 49.4 Å². The standard InChI is InChI=1S/C13H26N2O.CH4/c1-7-15(11-13(2,3)4)12(16)9-8-10-14(5)6;/h8-9H,7,10-11H2,1-6H3;1H4/b9-8+;. The van der Waals surface area contributed by atoms with Crippen molar-refractivity contribution in [1.82, 2.24) is 9.80 Å². The molecule has 0 heterocycles. The zero-order valence-corrected chi connectivity index (χ0v) is 11.6. The first kappa shape index (κ1) is 18.5. The lowest BCUT2D eigenvalue weighted by atomic mass is 9.96. The van der Waals surface area contributed by atoms with Gasteiger partial charge in [-0.3, -0.25) is 4.79 Å². The first-order valence-electron chi connectivity index (χ1n) is 5.86. The van der Waals surface area contributed by atoms with Crippen LogP contribution in [0.5, 0.6) is 0 Å². The second kappa shape index (κ2) is 8.29. The average Bonchev–Trinajstić information content (AvgIpc) is 2.11. The predicted octanol–water partition coefficient (Wildman–Crippen LogP) is 2.63. The maximum absolute atomic E-state index is 11.9. The molecule has 3 nitrogen and oxygen atoms in total. The van der Waals surface area contributed by atoms with Crippen LogP contribution in [-0.2, 0) is 4.79 Å². The number of hydrogen-bond acceptors (Lipinski definition) is 2. The number of nitrogens with zero attached hydrogens (tertiary/aromatic N) is 2. The Labute approximate surface area is 107 Å². The van der Waals surface area contributed by atoms with Gasteiger partial charge in [-0.25, -0.2) is 0 Å². The van der Waals surface area contributed by atoms with Crippen LogP contribution < -0.4 is 0 Å². The molecular formula is C14H30N2O. The molecule has 0 fully saturated rings. The minimum atomic E-state index is 0. The van der Waals surface area contributed by atoms with Gasteiger partial charge >= 0.3 is 0 Å². The monoisotopic (exact) mass is 242 g/mol. The maximum atomic E-state index is 11.9. The smallest absolute Gasteiger partial charge is 0.246 e. The largest absolute Gasteiger partial charge is 0.339 e. The van der Waals surface area contributed by atoms with Gasteiger partial charge in [0, 0.05) is 25.7 Å². The summed E-state index contributed by atoms with van der Waals surface area (Å²) >= 11 is 0. The summed E-state index contributed by atoms with van der Waals surface area (Å²) in [6, 6.07) is 0. The SMILES string of the molecule is C.CCN(CC(C)(C)C)C(=O)/C=C/CN(C)C. The number of likely N-dealkylation sites (N-methyl/N-ethyl adjacent to an activating group) is 2. The number of amides is 1. The van der Waals surface area contributed by atoms with E-state index in [1.165, 1.54) is 0 Å². The molecule has 0 aliphatic heterocycles. The highest BCUT2D eigenvalue weighted by molar-refractivity contribution is 5.87. The molecule has 0 radical (unpaired) electrons. The van der Waals surface area contributed by atoms with E-state index >= 15 is 0 Å². The van der Waals surface area contributed by atoms with Crippen LogP contribution in [0.25, 0.3) is 0 Å². The average molecular weight is 242 g/mol. The van der Waals surface area contributed by atoms with E-state index in [0.29, 0.717) is 0 Å². The molecule has 0 aromatic carbocycles. The van der Waals surface area contributed by atoms with Gasteiger partial charge in [-0.05, 0) is 26.4 Å². The third kappa shape index (κ3) is 10.1. The van der Waals surface area contributed by atoms with Crippen LogP contribution in [0, 0.1) is 5.41 Å². The molecule has 0 unspecified atom stereocenters. The van der Waals surface area contributed by atoms with E-state index in [-0.39, 0.29) is 18.7 Å². The first-order chi connectivity index (χ1) is 7.26. The van der Waals surface area contributed by atoms with Gasteiger partial charge < -0.3 is 9.80 Å². The molecule has 0 saturated heterocycles. The van der Waals surface area contributed by atoms with Gasteiger partial charge in [0.05, 0.1) is 0 Å². The Bertz CT molecular complexity index is 239. The zero-order valence-electron chi connectivity index (χ0n) is 11.6. The van der Waals surface area contributed by atoms with E-state index in [1.807, 2.05) is 36.9 Å².